The molecule has 11 nitrogen and oxygen atoms in total. The summed E-state index contributed by atoms with van der Waals surface area (Å²) in [4.78, 5) is 44.5. The van der Waals surface area contributed by atoms with Gasteiger partial charge in [0.1, 0.15) is 29.1 Å². The molecule has 1 aromatic carbocycles. The Labute approximate surface area is 198 Å². The molecule has 3 aliphatic rings. The highest BCUT2D eigenvalue weighted by Crippen LogP contribution is 2.53. The first kappa shape index (κ1) is 22.8. The number of aliphatic hydroxyl groups excluding tert-OH is 2. The lowest BCUT2D eigenvalue weighted by Gasteiger charge is -2.50. The van der Waals surface area contributed by atoms with Crippen LogP contribution in [0, 0.1) is 11.8 Å². The van der Waals surface area contributed by atoms with E-state index >= 15 is 0 Å². The Kier molecular flexibility index (Phi) is 4.90. The van der Waals surface area contributed by atoms with Gasteiger partial charge in [-0.05, 0) is 50.6 Å². The number of phenolic OH excluding ortho intramolecular Hbond substituents is 1. The van der Waals surface area contributed by atoms with Crippen molar-refractivity contribution in [3.8, 4) is 17.2 Å². The van der Waals surface area contributed by atoms with Gasteiger partial charge < -0.3 is 30.6 Å². The first-order valence-electron chi connectivity index (χ1n) is 10.9. The molecule has 0 fully saturated rings. The number of fused-ring (bicyclic) bond motifs is 3. The highest BCUT2D eigenvalue weighted by molar-refractivity contribution is 6.24. The summed E-state index contributed by atoms with van der Waals surface area (Å²) < 4.78 is 5.39. The van der Waals surface area contributed by atoms with Crippen molar-refractivity contribution in [1.82, 2.24) is 9.88 Å². The minimum absolute atomic E-state index is 0.00639. The number of carbonyl (C=O) groups excluding carboxylic acids is 3. The molecule has 0 aliphatic heterocycles. The number of ketones is 2. The Balaban J connectivity index is 1.74. The molecule has 0 radical (unpaired) electrons. The molecule has 0 saturated heterocycles. The van der Waals surface area contributed by atoms with E-state index in [1.54, 1.807) is 20.2 Å². The second-order valence-electron chi connectivity index (χ2n) is 9.29. The monoisotopic (exact) mass is 481 g/mol. The quantitative estimate of drug-likeness (QED) is 0.392. The number of nitrogens with two attached hydrogens (primary N) is 1. The van der Waals surface area contributed by atoms with E-state index in [1.165, 1.54) is 23.4 Å². The molecule has 4 atom stereocenters. The number of rotatable bonds is 3. The Hall–Kier alpha value is -3.96. The summed E-state index contributed by atoms with van der Waals surface area (Å²) >= 11 is 0. The summed E-state index contributed by atoms with van der Waals surface area (Å²) in [6, 6.07) is 1.83. The molecule has 182 valence electrons. The van der Waals surface area contributed by atoms with Gasteiger partial charge in [0, 0.05) is 17.1 Å². The van der Waals surface area contributed by atoms with Gasteiger partial charge in [-0.15, -0.1) is 0 Å². The maximum absolute atomic E-state index is 13.6. The van der Waals surface area contributed by atoms with Crippen LogP contribution in [0.1, 0.15) is 22.3 Å². The zero-order chi connectivity index (χ0) is 25.4. The predicted octanol–water partition coefficient (Wildman–Crippen LogP) is 0.776. The summed E-state index contributed by atoms with van der Waals surface area (Å²) in [6.45, 7) is 0. The molecule has 0 unspecified atom stereocenters. The molecule has 11 heteroatoms. The lowest BCUT2D eigenvalue weighted by Crippen LogP contribution is -2.63. The molecule has 5 rings (SSSR count). The van der Waals surface area contributed by atoms with Crippen molar-refractivity contribution in [2.24, 2.45) is 17.6 Å². The lowest BCUT2D eigenvalue weighted by molar-refractivity contribution is -0.148. The molecular weight excluding hydrogens is 458 g/mol. The predicted molar refractivity (Wildman–Crippen MR) is 119 cm³/mol. The number of allylic oxidation sites excluding steroid dienone is 1. The first-order chi connectivity index (χ1) is 16.5. The molecule has 6 N–H and O–H groups in total. The third-order valence-electron chi connectivity index (χ3n) is 7.27. The fraction of sp³-hybridized carbons (Fsp3) is 0.333. The van der Waals surface area contributed by atoms with Gasteiger partial charge in [0.05, 0.1) is 17.8 Å². The lowest BCUT2D eigenvalue weighted by atomic mass is 9.58. The average Bonchev–Trinajstić information content (AvgIpc) is 3.30. The number of oxazole rings is 1. The smallest absolute Gasteiger partial charge is 0.255 e. The fourth-order valence-corrected chi connectivity index (χ4v) is 5.81. The number of likely N-dealkylation sites (N-methyl/N-ethyl adjacent to an activating group) is 1. The van der Waals surface area contributed by atoms with E-state index in [2.05, 4.69) is 4.98 Å². The van der Waals surface area contributed by atoms with Crippen molar-refractivity contribution in [2.45, 2.75) is 24.5 Å². The fourth-order valence-electron chi connectivity index (χ4n) is 5.81. The number of Topliss-reactive ketones (excluding diaryl/α,β-unsaturated/α-hetero) is 2. The van der Waals surface area contributed by atoms with Gasteiger partial charge in [-0.1, -0.05) is 0 Å². The van der Waals surface area contributed by atoms with Crippen molar-refractivity contribution in [3.05, 3.63) is 58.4 Å². The zero-order valence-electron chi connectivity index (χ0n) is 18.8. The normalized spacial score (nSPS) is 28.2. The number of primary amides is 1. The Morgan fingerprint density at radius 1 is 1.23 bits per heavy atom. The number of aromatic nitrogens is 1. The minimum Gasteiger partial charge on any atom is -0.510 e. The van der Waals surface area contributed by atoms with E-state index in [1.807, 2.05) is 0 Å². The van der Waals surface area contributed by atoms with Crippen LogP contribution in [0.15, 0.2) is 51.7 Å². The van der Waals surface area contributed by atoms with Crippen molar-refractivity contribution in [1.29, 1.82) is 0 Å². The van der Waals surface area contributed by atoms with Crippen LogP contribution >= 0.6 is 0 Å². The van der Waals surface area contributed by atoms with E-state index in [0.717, 1.165) is 0 Å². The number of amides is 1. The Morgan fingerprint density at radius 3 is 2.54 bits per heavy atom. The maximum atomic E-state index is 13.6. The first-order valence-corrected chi connectivity index (χ1v) is 10.9. The molecule has 3 aliphatic carbocycles. The molecule has 1 heterocycles. The summed E-state index contributed by atoms with van der Waals surface area (Å²) in [5, 5.41) is 44.1. The van der Waals surface area contributed by atoms with Crippen molar-refractivity contribution in [2.75, 3.05) is 14.1 Å². The van der Waals surface area contributed by atoms with Gasteiger partial charge in [-0.3, -0.25) is 19.3 Å². The number of nitrogens with zero attached hydrogens (tertiary/aromatic N) is 2. The van der Waals surface area contributed by atoms with Crippen LogP contribution in [0.5, 0.6) is 5.75 Å². The van der Waals surface area contributed by atoms with Gasteiger partial charge in [-0.25, -0.2) is 4.98 Å². The van der Waals surface area contributed by atoms with Crippen LogP contribution in [0.3, 0.4) is 0 Å². The second kappa shape index (κ2) is 7.52. The van der Waals surface area contributed by atoms with Gasteiger partial charge >= 0.3 is 0 Å². The average molecular weight is 481 g/mol. The van der Waals surface area contributed by atoms with Gasteiger partial charge in [0.25, 0.3) is 5.91 Å². The third-order valence-corrected chi connectivity index (χ3v) is 7.27. The second-order valence-corrected chi connectivity index (χ2v) is 9.29. The van der Waals surface area contributed by atoms with Crippen LogP contribution in [-0.2, 0) is 16.0 Å². The molecule has 1 aromatic heterocycles. The third kappa shape index (κ3) is 2.91. The van der Waals surface area contributed by atoms with Crippen LogP contribution in [0.4, 0.5) is 0 Å². The van der Waals surface area contributed by atoms with Crippen molar-refractivity contribution >= 4 is 17.5 Å². The topological polar surface area (TPSA) is 187 Å². The minimum atomic E-state index is -2.67. The van der Waals surface area contributed by atoms with Crippen LogP contribution in [-0.4, -0.2) is 73.5 Å². The summed E-state index contributed by atoms with van der Waals surface area (Å²) in [5.41, 5.74) is 2.44. The molecule has 0 bridgehead atoms. The molecule has 2 aromatic rings. The highest BCUT2D eigenvalue weighted by Gasteiger charge is 2.63. The van der Waals surface area contributed by atoms with Crippen LogP contribution < -0.4 is 5.73 Å². The van der Waals surface area contributed by atoms with Gasteiger partial charge in [-0.2, -0.15) is 0 Å². The number of aliphatic hydroxyl groups is 3. The highest BCUT2D eigenvalue weighted by atomic mass is 16.4. The van der Waals surface area contributed by atoms with Crippen LogP contribution in [0.2, 0.25) is 0 Å². The maximum Gasteiger partial charge on any atom is 0.255 e. The van der Waals surface area contributed by atoms with E-state index < -0.39 is 58.0 Å². The number of carbonyl (C=O) groups is 3. The summed E-state index contributed by atoms with van der Waals surface area (Å²) in [7, 11) is 3.15. The van der Waals surface area contributed by atoms with Crippen molar-refractivity contribution < 1.29 is 39.2 Å². The number of phenols is 1. The van der Waals surface area contributed by atoms with Gasteiger partial charge in [0.2, 0.25) is 11.7 Å². The van der Waals surface area contributed by atoms with Crippen molar-refractivity contribution in [3.63, 3.8) is 0 Å². The molecule has 0 saturated carbocycles. The van der Waals surface area contributed by atoms with E-state index in [9.17, 15) is 34.8 Å². The summed E-state index contributed by atoms with van der Waals surface area (Å²) in [6.07, 6.45) is 2.98. The molecule has 35 heavy (non-hydrogen) atoms. The van der Waals surface area contributed by atoms with E-state index in [4.69, 9.17) is 10.2 Å². The number of benzene rings is 1. The molecular formula is C24H23N3O8. The zero-order valence-corrected chi connectivity index (χ0v) is 18.8. The Morgan fingerprint density at radius 2 is 1.94 bits per heavy atom. The van der Waals surface area contributed by atoms with Crippen LogP contribution in [0.25, 0.3) is 11.5 Å². The largest absolute Gasteiger partial charge is 0.510 e. The van der Waals surface area contributed by atoms with E-state index in [0.29, 0.717) is 11.1 Å². The number of hydrogen-bond donors (Lipinski definition) is 5. The SMILES string of the molecule is CN(C)[C@@H]1C(O)=C(C(N)=O)C(=O)[C@@]2(O)C(O)=C3C(=O)c4c(O)ccc(-c5ncco5)c4C[C@H]3C[C@@H]12. The standard InChI is InChI=1S/C24H23N3O8/c1-27(2)17-12-8-9-7-11-10(23-26-5-6-35-23)3-4-13(28)15(11)18(29)14(9)20(31)24(12,34)21(32)16(19(17)30)22(25)33/h3-6,9,12,17,28,30-31,34H,7-8H2,1-2H3,(H2,25,33)/t9-,12-,17-,24-/m0/s1. The molecule has 0 spiro atoms. The molecule has 1 amide bonds. The summed E-state index contributed by atoms with van der Waals surface area (Å²) in [5.74, 6) is -6.68. The number of aromatic hydroxyl groups is 1. The number of hydrogen-bond acceptors (Lipinski definition) is 10. The van der Waals surface area contributed by atoms with E-state index in [-0.39, 0.29) is 35.6 Å². The Bertz CT molecular complexity index is 1360. The van der Waals surface area contributed by atoms with Gasteiger partial charge in [0.15, 0.2) is 11.4 Å².